The summed E-state index contributed by atoms with van der Waals surface area (Å²) in [5.74, 6) is 0.317. The van der Waals surface area contributed by atoms with Crippen LogP contribution in [-0.2, 0) is 11.3 Å². The van der Waals surface area contributed by atoms with Crippen LogP contribution in [0.5, 0.6) is 0 Å². The van der Waals surface area contributed by atoms with Crippen LogP contribution in [-0.4, -0.2) is 11.1 Å². The van der Waals surface area contributed by atoms with Crippen LogP contribution in [0, 0.1) is 0 Å². The molecule has 0 N–H and O–H groups in total. The lowest BCUT2D eigenvalue weighted by Crippen LogP contribution is -2.03. The van der Waals surface area contributed by atoms with E-state index in [2.05, 4.69) is 5.16 Å². The highest BCUT2D eigenvalue weighted by molar-refractivity contribution is 7.11. The first-order valence-electron chi connectivity index (χ1n) is 6.04. The average molecular weight is 285 g/mol. The van der Waals surface area contributed by atoms with Gasteiger partial charge in [0.1, 0.15) is 17.2 Å². The second-order valence-electron chi connectivity index (χ2n) is 4.10. The summed E-state index contributed by atoms with van der Waals surface area (Å²) in [6.07, 6.45) is 0. The number of esters is 1. The molecule has 0 amide bonds. The SMILES string of the molecule is O=C(OCc1cc(-c2ccccc2)on1)c1cccs1. The molecule has 0 radical (unpaired) electrons. The number of carbonyl (C=O) groups excluding carboxylic acids is 1. The molecule has 0 spiro atoms. The zero-order chi connectivity index (χ0) is 13.8. The van der Waals surface area contributed by atoms with Crippen LogP contribution in [0.15, 0.2) is 58.4 Å². The minimum Gasteiger partial charge on any atom is -0.455 e. The molecule has 0 atom stereocenters. The van der Waals surface area contributed by atoms with Gasteiger partial charge in [-0.2, -0.15) is 0 Å². The maximum atomic E-state index is 11.7. The van der Waals surface area contributed by atoms with Gasteiger partial charge in [0.05, 0.1) is 0 Å². The Kier molecular flexibility index (Phi) is 3.60. The van der Waals surface area contributed by atoms with E-state index >= 15 is 0 Å². The molecule has 1 aromatic carbocycles. The van der Waals surface area contributed by atoms with Crippen molar-refractivity contribution in [3.05, 3.63) is 64.5 Å². The van der Waals surface area contributed by atoms with Gasteiger partial charge in [-0.1, -0.05) is 41.6 Å². The maximum Gasteiger partial charge on any atom is 0.348 e. The molecule has 2 heterocycles. The van der Waals surface area contributed by atoms with Crippen molar-refractivity contribution < 1.29 is 14.1 Å². The van der Waals surface area contributed by atoms with Crippen LogP contribution >= 0.6 is 11.3 Å². The zero-order valence-electron chi connectivity index (χ0n) is 10.5. The quantitative estimate of drug-likeness (QED) is 0.685. The predicted molar refractivity (Wildman–Crippen MR) is 75.4 cm³/mol. The van der Waals surface area contributed by atoms with Crippen molar-refractivity contribution in [1.29, 1.82) is 0 Å². The van der Waals surface area contributed by atoms with E-state index < -0.39 is 0 Å². The number of rotatable bonds is 4. The molecule has 0 bridgehead atoms. The molecule has 0 saturated heterocycles. The van der Waals surface area contributed by atoms with Crippen molar-refractivity contribution in [1.82, 2.24) is 5.16 Å². The molecule has 0 aliphatic carbocycles. The number of hydrogen-bond donors (Lipinski definition) is 0. The van der Waals surface area contributed by atoms with Gasteiger partial charge >= 0.3 is 5.97 Å². The second kappa shape index (κ2) is 5.71. The standard InChI is InChI=1S/C15H11NO3S/c17-15(14-7-4-8-20-14)18-10-12-9-13(19-16-12)11-5-2-1-3-6-11/h1-9H,10H2. The minimum absolute atomic E-state index is 0.104. The number of hydrogen-bond acceptors (Lipinski definition) is 5. The normalized spacial score (nSPS) is 10.4. The number of thiophene rings is 1. The Bertz CT molecular complexity index is 689. The molecule has 3 aromatic rings. The molecule has 0 fully saturated rings. The predicted octanol–water partition coefficient (Wildman–Crippen LogP) is 3.76. The number of ether oxygens (including phenoxy) is 1. The third-order valence-corrected chi connectivity index (χ3v) is 3.54. The Hall–Kier alpha value is -2.40. The van der Waals surface area contributed by atoms with Gasteiger partial charge in [-0.15, -0.1) is 11.3 Å². The van der Waals surface area contributed by atoms with Gasteiger partial charge in [0.15, 0.2) is 5.76 Å². The highest BCUT2D eigenvalue weighted by atomic mass is 32.1. The van der Waals surface area contributed by atoms with Crippen LogP contribution in [0.3, 0.4) is 0 Å². The van der Waals surface area contributed by atoms with E-state index in [9.17, 15) is 4.79 Å². The Morgan fingerprint density at radius 3 is 2.80 bits per heavy atom. The lowest BCUT2D eigenvalue weighted by molar-refractivity contribution is 0.0470. The van der Waals surface area contributed by atoms with E-state index in [0.717, 1.165) is 5.56 Å². The van der Waals surface area contributed by atoms with Gasteiger partial charge in [0.25, 0.3) is 0 Å². The minimum atomic E-state index is -0.343. The molecular formula is C15H11NO3S. The largest absolute Gasteiger partial charge is 0.455 e. The van der Waals surface area contributed by atoms with Crippen molar-refractivity contribution in [2.45, 2.75) is 6.61 Å². The summed E-state index contributed by atoms with van der Waals surface area (Å²) in [7, 11) is 0. The first kappa shape index (κ1) is 12.6. The summed E-state index contributed by atoms with van der Waals surface area (Å²) in [5, 5.41) is 5.73. The smallest absolute Gasteiger partial charge is 0.348 e. The summed E-state index contributed by atoms with van der Waals surface area (Å²) in [6, 6.07) is 15.0. The average Bonchev–Trinajstić information content (AvgIpc) is 3.17. The van der Waals surface area contributed by atoms with E-state index in [1.165, 1.54) is 11.3 Å². The molecule has 0 saturated carbocycles. The van der Waals surface area contributed by atoms with Crippen LogP contribution in [0.2, 0.25) is 0 Å². The van der Waals surface area contributed by atoms with Crippen molar-refractivity contribution >= 4 is 17.3 Å². The van der Waals surface area contributed by atoms with Gasteiger partial charge in [-0.05, 0) is 11.4 Å². The van der Waals surface area contributed by atoms with Gasteiger partial charge < -0.3 is 9.26 Å². The molecule has 0 aliphatic heterocycles. The van der Waals surface area contributed by atoms with E-state index in [1.807, 2.05) is 41.8 Å². The second-order valence-corrected chi connectivity index (χ2v) is 5.05. The van der Waals surface area contributed by atoms with E-state index in [-0.39, 0.29) is 12.6 Å². The molecule has 20 heavy (non-hydrogen) atoms. The van der Waals surface area contributed by atoms with Crippen molar-refractivity contribution in [3.63, 3.8) is 0 Å². The van der Waals surface area contributed by atoms with Gasteiger partial charge in [0.2, 0.25) is 0 Å². The molecule has 4 nitrogen and oxygen atoms in total. The molecule has 3 rings (SSSR count). The van der Waals surface area contributed by atoms with Crippen LogP contribution in [0.1, 0.15) is 15.4 Å². The Labute approximate surface area is 119 Å². The zero-order valence-corrected chi connectivity index (χ0v) is 11.3. The Balaban J connectivity index is 1.65. The van der Waals surface area contributed by atoms with Gasteiger partial charge in [0, 0.05) is 11.6 Å². The summed E-state index contributed by atoms with van der Waals surface area (Å²) in [5.41, 5.74) is 1.53. The van der Waals surface area contributed by atoms with Crippen molar-refractivity contribution in [3.8, 4) is 11.3 Å². The Morgan fingerprint density at radius 2 is 2.05 bits per heavy atom. The molecule has 0 aliphatic rings. The lowest BCUT2D eigenvalue weighted by Gasteiger charge is -1.98. The highest BCUT2D eigenvalue weighted by Gasteiger charge is 2.11. The van der Waals surface area contributed by atoms with Crippen molar-refractivity contribution in [2.75, 3.05) is 0 Å². The lowest BCUT2D eigenvalue weighted by atomic mass is 10.2. The van der Waals surface area contributed by atoms with Crippen LogP contribution < -0.4 is 0 Å². The fraction of sp³-hybridized carbons (Fsp3) is 0.0667. The molecule has 2 aromatic heterocycles. The van der Waals surface area contributed by atoms with Crippen LogP contribution in [0.25, 0.3) is 11.3 Å². The van der Waals surface area contributed by atoms with Crippen LogP contribution in [0.4, 0.5) is 0 Å². The van der Waals surface area contributed by atoms with E-state index in [4.69, 9.17) is 9.26 Å². The Morgan fingerprint density at radius 1 is 1.20 bits per heavy atom. The van der Waals surface area contributed by atoms with E-state index in [0.29, 0.717) is 16.3 Å². The van der Waals surface area contributed by atoms with Gasteiger partial charge in [-0.3, -0.25) is 0 Å². The number of benzene rings is 1. The summed E-state index contributed by atoms with van der Waals surface area (Å²) >= 11 is 1.35. The fourth-order valence-electron chi connectivity index (χ4n) is 1.72. The molecule has 100 valence electrons. The van der Waals surface area contributed by atoms with E-state index in [1.54, 1.807) is 12.1 Å². The summed E-state index contributed by atoms with van der Waals surface area (Å²) in [6.45, 7) is 0.104. The van der Waals surface area contributed by atoms with Gasteiger partial charge in [-0.25, -0.2) is 4.79 Å². The fourth-order valence-corrected chi connectivity index (χ4v) is 2.34. The number of carbonyl (C=O) groups is 1. The molecular weight excluding hydrogens is 274 g/mol. The molecule has 5 heteroatoms. The summed E-state index contributed by atoms with van der Waals surface area (Å²) < 4.78 is 10.4. The topological polar surface area (TPSA) is 52.3 Å². The highest BCUT2D eigenvalue weighted by Crippen LogP contribution is 2.20. The number of aromatic nitrogens is 1. The monoisotopic (exact) mass is 285 g/mol. The molecule has 0 unspecified atom stereocenters. The number of nitrogens with zero attached hydrogens (tertiary/aromatic N) is 1. The first-order chi connectivity index (χ1) is 9.83. The maximum absolute atomic E-state index is 11.7. The third kappa shape index (κ3) is 2.78. The first-order valence-corrected chi connectivity index (χ1v) is 6.92. The van der Waals surface area contributed by atoms with Crippen molar-refractivity contribution in [2.24, 2.45) is 0 Å². The third-order valence-electron chi connectivity index (χ3n) is 2.69. The summed E-state index contributed by atoms with van der Waals surface area (Å²) in [4.78, 5) is 12.3.